The number of hydrogen-bond acceptors (Lipinski definition) is 5. The number of benzene rings is 3. The molecule has 35 heavy (non-hydrogen) atoms. The van der Waals surface area contributed by atoms with Crippen LogP contribution in [0.1, 0.15) is 33.5 Å². The van der Waals surface area contributed by atoms with Gasteiger partial charge in [0.2, 0.25) is 0 Å². The van der Waals surface area contributed by atoms with Crippen molar-refractivity contribution in [2.75, 3.05) is 12.0 Å². The Bertz CT molecular complexity index is 1290. The maximum atomic E-state index is 13.1. The number of nitrogens with one attached hydrogen (secondary N) is 1. The minimum atomic E-state index is -3.37. The normalized spacial score (nSPS) is 12.2. The number of hydrogen-bond donors (Lipinski definition) is 2. The van der Waals surface area contributed by atoms with Crippen LogP contribution in [-0.2, 0) is 32.6 Å². The van der Waals surface area contributed by atoms with E-state index in [4.69, 9.17) is 4.74 Å². The minimum absolute atomic E-state index is 0.217. The third kappa shape index (κ3) is 7.77. The third-order valence-electron chi connectivity index (χ3n) is 5.52. The molecule has 2 N–H and O–H groups in total. The summed E-state index contributed by atoms with van der Waals surface area (Å²) in [7, 11) is -3.37. The van der Waals surface area contributed by atoms with E-state index in [0.717, 1.165) is 28.5 Å². The van der Waals surface area contributed by atoms with E-state index in [-0.39, 0.29) is 12.2 Å². The smallest absolute Gasteiger partial charge is 0.326 e. The molecular formula is C27H29NO6S. The van der Waals surface area contributed by atoms with Gasteiger partial charge in [-0.1, -0.05) is 60.7 Å². The highest BCUT2D eigenvalue weighted by Gasteiger charge is 2.24. The predicted octanol–water partition coefficient (Wildman–Crippen LogP) is 4.00. The number of carboxylic acids is 1. The fourth-order valence-electron chi connectivity index (χ4n) is 3.66. The molecule has 0 spiro atoms. The molecular weight excluding hydrogens is 466 g/mol. The molecule has 3 aromatic rings. The third-order valence-corrected chi connectivity index (χ3v) is 6.50. The first-order valence-corrected chi connectivity index (χ1v) is 13.2. The zero-order chi connectivity index (χ0) is 25.4. The molecule has 0 fully saturated rings. The fourth-order valence-corrected chi connectivity index (χ4v) is 4.33. The number of aliphatic carboxylic acids is 1. The number of carbonyl (C=O) groups excluding carboxylic acids is 1. The van der Waals surface area contributed by atoms with Crippen molar-refractivity contribution in [3.63, 3.8) is 0 Å². The van der Waals surface area contributed by atoms with E-state index >= 15 is 0 Å². The van der Waals surface area contributed by atoms with Crippen LogP contribution in [-0.4, -0.2) is 43.5 Å². The van der Waals surface area contributed by atoms with Gasteiger partial charge in [0.25, 0.3) is 5.91 Å². The predicted molar refractivity (Wildman–Crippen MR) is 135 cm³/mol. The standard InChI is InChI=1S/C27H29NO6S/c1-19-8-6-7-11-22(19)24-16-21(18-34-17-20-9-4-3-5-10-20)12-13-23(24)26(29)28-25(27(30)31)14-15-35(2,32)33/h3-13,16,25H,14-15,17-18H2,1-2H3,(H,28,29)(H,30,31)/t25-/m0/s1. The Balaban J connectivity index is 1.86. The number of amides is 1. The molecule has 1 amide bonds. The van der Waals surface area contributed by atoms with Crippen LogP contribution < -0.4 is 5.32 Å². The first-order chi connectivity index (χ1) is 16.6. The van der Waals surface area contributed by atoms with Crippen molar-refractivity contribution in [3.8, 4) is 11.1 Å². The summed E-state index contributed by atoms with van der Waals surface area (Å²) in [4.78, 5) is 24.8. The molecule has 0 aliphatic rings. The molecule has 8 heteroatoms. The van der Waals surface area contributed by atoms with Crippen LogP contribution >= 0.6 is 0 Å². The summed E-state index contributed by atoms with van der Waals surface area (Å²) in [5.74, 6) is -2.21. The van der Waals surface area contributed by atoms with Gasteiger partial charge >= 0.3 is 5.97 Å². The highest BCUT2D eigenvalue weighted by Crippen LogP contribution is 2.28. The minimum Gasteiger partial charge on any atom is -0.480 e. The molecule has 0 aromatic heterocycles. The number of sulfone groups is 1. The molecule has 0 saturated carbocycles. The van der Waals surface area contributed by atoms with Crippen LogP contribution in [0.3, 0.4) is 0 Å². The van der Waals surface area contributed by atoms with E-state index in [1.54, 1.807) is 12.1 Å². The van der Waals surface area contributed by atoms with Crippen LogP contribution in [0.15, 0.2) is 72.8 Å². The van der Waals surface area contributed by atoms with E-state index in [9.17, 15) is 23.1 Å². The first-order valence-electron chi connectivity index (χ1n) is 11.2. The maximum absolute atomic E-state index is 13.1. The first kappa shape index (κ1) is 26.1. The number of ether oxygens (including phenoxy) is 1. The van der Waals surface area contributed by atoms with Gasteiger partial charge in [-0.05, 0) is 53.3 Å². The van der Waals surface area contributed by atoms with Gasteiger partial charge < -0.3 is 15.2 Å². The highest BCUT2D eigenvalue weighted by atomic mass is 32.2. The molecule has 0 aliphatic heterocycles. The topological polar surface area (TPSA) is 110 Å². The quantitative estimate of drug-likeness (QED) is 0.416. The molecule has 0 bridgehead atoms. The molecule has 184 valence electrons. The Morgan fingerprint density at radius 1 is 0.914 bits per heavy atom. The summed E-state index contributed by atoms with van der Waals surface area (Å²) in [5.41, 5.74) is 4.66. The van der Waals surface area contributed by atoms with Gasteiger partial charge in [0.15, 0.2) is 0 Å². The van der Waals surface area contributed by atoms with Crippen molar-refractivity contribution in [2.24, 2.45) is 0 Å². The van der Waals surface area contributed by atoms with Gasteiger partial charge in [0.05, 0.1) is 19.0 Å². The van der Waals surface area contributed by atoms with Gasteiger partial charge in [0.1, 0.15) is 15.9 Å². The fraction of sp³-hybridized carbons (Fsp3) is 0.259. The Morgan fingerprint density at radius 3 is 2.23 bits per heavy atom. The Kier molecular flexibility index (Phi) is 8.78. The zero-order valence-corrected chi connectivity index (χ0v) is 20.5. The van der Waals surface area contributed by atoms with Gasteiger partial charge in [-0.15, -0.1) is 0 Å². The van der Waals surface area contributed by atoms with Crippen molar-refractivity contribution >= 4 is 21.7 Å². The lowest BCUT2D eigenvalue weighted by molar-refractivity contribution is -0.139. The van der Waals surface area contributed by atoms with Crippen molar-refractivity contribution < 1.29 is 27.9 Å². The SMILES string of the molecule is Cc1ccccc1-c1cc(COCc2ccccc2)ccc1C(=O)N[C@@H](CCS(C)(=O)=O)C(=O)O. The van der Waals surface area contributed by atoms with Gasteiger partial charge in [-0.3, -0.25) is 4.79 Å². The van der Waals surface area contributed by atoms with Crippen LogP contribution in [0.4, 0.5) is 0 Å². The van der Waals surface area contributed by atoms with Gasteiger partial charge in [-0.2, -0.15) is 0 Å². The average Bonchev–Trinajstić information content (AvgIpc) is 2.82. The van der Waals surface area contributed by atoms with Crippen LogP contribution in [0, 0.1) is 6.92 Å². The monoisotopic (exact) mass is 495 g/mol. The lowest BCUT2D eigenvalue weighted by Gasteiger charge is -2.18. The zero-order valence-electron chi connectivity index (χ0n) is 19.7. The molecule has 3 rings (SSSR count). The molecule has 1 atom stereocenters. The molecule has 0 unspecified atom stereocenters. The largest absolute Gasteiger partial charge is 0.480 e. The summed E-state index contributed by atoms with van der Waals surface area (Å²) in [6.07, 6.45) is 0.813. The molecule has 7 nitrogen and oxygen atoms in total. The second-order valence-corrected chi connectivity index (χ2v) is 10.7. The Hall–Kier alpha value is -3.49. The number of carboxylic acid groups (broad SMARTS) is 1. The number of rotatable bonds is 11. The summed E-state index contributed by atoms with van der Waals surface area (Å²) in [6, 6.07) is 21.4. The van der Waals surface area contributed by atoms with Gasteiger partial charge in [-0.25, -0.2) is 13.2 Å². The van der Waals surface area contributed by atoms with Crippen molar-refractivity contribution in [2.45, 2.75) is 32.6 Å². The van der Waals surface area contributed by atoms with E-state index < -0.39 is 27.8 Å². The second kappa shape index (κ2) is 11.8. The van der Waals surface area contributed by atoms with Crippen molar-refractivity contribution in [1.29, 1.82) is 0 Å². The second-order valence-electron chi connectivity index (χ2n) is 8.46. The molecule has 0 radical (unpaired) electrons. The van der Waals surface area contributed by atoms with E-state index in [1.165, 1.54) is 0 Å². The van der Waals surface area contributed by atoms with Gasteiger partial charge in [0, 0.05) is 11.8 Å². The average molecular weight is 496 g/mol. The van der Waals surface area contributed by atoms with Crippen molar-refractivity contribution in [3.05, 3.63) is 95.1 Å². The molecule has 0 aliphatic carbocycles. The molecule has 0 saturated heterocycles. The van der Waals surface area contributed by atoms with Crippen LogP contribution in [0.25, 0.3) is 11.1 Å². The molecule has 0 heterocycles. The summed E-state index contributed by atoms with van der Waals surface area (Å²) < 4.78 is 28.8. The van der Waals surface area contributed by atoms with E-state index in [1.807, 2.05) is 67.6 Å². The van der Waals surface area contributed by atoms with E-state index in [2.05, 4.69) is 5.32 Å². The summed E-state index contributed by atoms with van der Waals surface area (Å²) in [5, 5.41) is 12.0. The number of carbonyl (C=O) groups is 2. The lowest BCUT2D eigenvalue weighted by Crippen LogP contribution is -2.42. The van der Waals surface area contributed by atoms with Crippen molar-refractivity contribution in [1.82, 2.24) is 5.32 Å². The summed E-state index contributed by atoms with van der Waals surface area (Å²) >= 11 is 0. The maximum Gasteiger partial charge on any atom is 0.326 e. The Morgan fingerprint density at radius 2 is 1.57 bits per heavy atom. The summed E-state index contributed by atoms with van der Waals surface area (Å²) in [6.45, 7) is 2.72. The van der Waals surface area contributed by atoms with Crippen LogP contribution in [0.5, 0.6) is 0 Å². The Labute approximate surface area is 205 Å². The van der Waals surface area contributed by atoms with E-state index in [0.29, 0.717) is 24.3 Å². The lowest BCUT2D eigenvalue weighted by atomic mass is 9.93. The van der Waals surface area contributed by atoms with Crippen LogP contribution in [0.2, 0.25) is 0 Å². The highest BCUT2D eigenvalue weighted by molar-refractivity contribution is 7.90. The number of aryl methyl sites for hydroxylation is 1. The molecule has 3 aromatic carbocycles.